The van der Waals surface area contributed by atoms with Crippen molar-refractivity contribution in [3.8, 4) is 0 Å². The van der Waals surface area contributed by atoms with Crippen LogP contribution in [0.5, 0.6) is 0 Å². The first kappa shape index (κ1) is 66.7. The number of hydrogen-bond acceptors (Lipinski definition) is 15. The van der Waals surface area contributed by atoms with Crippen LogP contribution >= 0.6 is 12.2 Å². The minimum absolute atomic E-state index is 0.0343. The molecule has 2 aromatic rings. The van der Waals surface area contributed by atoms with Crippen LogP contribution in [0, 0.1) is 5.82 Å². The molecule has 4 atom stereocenters. The molecule has 0 radical (unpaired) electrons. The van der Waals surface area contributed by atoms with Gasteiger partial charge in [0.2, 0.25) is 11.8 Å². The van der Waals surface area contributed by atoms with Gasteiger partial charge in [0.05, 0.1) is 26.2 Å². The number of carboxylic acids is 7. The first-order chi connectivity index (χ1) is 37.9. The molecule has 3 rings (SSSR count). The maximum absolute atomic E-state index is 13.7. The summed E-state index contributed by atoms with van der Waals surface area (Å²) in [6.45, 7) is 0.169. The van der Waals surface area contributed by atoms with Crippen molar-refractivity contribution < 1.29 is 88.1 Å². The molecule has 0 saturated carbocycles. The van der Waals surface area contributed by atoms with E-state index in [0.29, 0.717) is 42.2 Å². The van der Waals surface area contributed by atoms with E-state index in [1.165, 1.54) is 24.3 Å². The highest BCUT2D eigenvalue weighted by Crippen LogP contribution is 2.17. The Morgan fingerprint density at radius 2 is 1.05 bits per heavy atom. The summed E-state index contributed by atoms with van der Waals surface area (Å²) < 4.78 is 13.7. The third-order valence-electron chi connectivity index (χ3n) is 12.7. The number of halogens is 1. The Hall–Kier alpha value is -7.60. The van der Waals surface area contributed by atoms with Crippen LogP contribution < -0.4 is 31.9 Å². The molecule has 1 fully saturated rings. The number of carbonyl (C=O) groups is 10. The maximum Gasteiger partial charge on any atom is 0.326 e. The lowest BCUT2D eigenvalue weighted by atomic mass is 10.0. The first-order valence-corrected chi connectivity index (χ1v) is 26.3. The molecule has 1 aliphatic heterocycles. The van der Waals surface area contributed by atoms with E-state index in [2.05, 4.69) is 31.9 Å². The number of carbonyl (C=O) groups excluding carboxylic acids is 3. The van der Waals surface area contributed by atoms with E-state index >= 15 is 0 Å². The molecule has 0 aromatic heterocycles. The SMILES string of the molecule is O=C(O)CC[C@H](NC(=O)N[C@@H](CCCCNC(=O)[C@H](Cc1ccc(F)cc1)NC(=O)CCCCCNC(=S)Nc1ccc(CC2CN(CC(=O)O)CCN(CC(=O)O)CCN(CC(=O)O)CCN2CC(=O)O)cc1)C(=O)O)C(=O)O. The molecule has 0 spiro atoms. The normalized spacial score (nSPS) is 16.0. The molecule has 0 bridgehead atoms. The molecule has 1 heterocycles. The first-order valence-electron chi connectivity index (χ1n) is 25.9. The fourth-order valence-electron chi connectivity index (χ4n) is 8.60. The quantitative estimate of drug-likeness (QED) is 0.0336. The van der Waals surface area contributed by atoms with E-state index in [0.717, 1.165) is 5.56 Å². The Morgan fingerprint density at radius 3 is 1.61 bits per heavy atom. The van der Waals surface area contributed by atoms with Crippen molar-refractivity contribution in [2.75, 3.05) is 90.4 Å². The molecule has 80 heavy (non-hydrogen) atoms. The monoisotopic (exact) mass is 1150 g/mol. The Bertz CT molecular complexity index is 2410. The number of rotatable bonds is 33. The predicted molar refractivity (Wildman–Crippen MR) is 288 cm³/mol. The van der Waals surface area contributed by atoms with E-state index in [-0.39, 0.29) is 111 Å². The summed E-state index contributed by atoms with van der Waals surface area (Å²) in [6, 6.07) is 6.88. The molecule has 27 nitrogen and oxygen atoms in total. The molecule has 1 saturated heterocycles. The molecule has 1 unspecified atom stereocenters. The highest BCUT2D eigenvalue weighted by Gasteiger charge is 2.29. The van der Waals surface area contributed by atoms with Crippen LogP contribution in [-0.2, 0) is 56.0 Å². The fourth-order valence-corrected chi connectivity index (χ4v) is 8.82. The van der Waals surface area contributed by atoms with E-state index < -0.39 is 109 Å². The van der Waals surface area contributed by atoms with Crippen LogP contribution in [0.25, 0.3) is 0 Å². The minimum atomic E-state index is -1.57. The number of anilines is 1. The predicted octanol–water partition coefficient (Wildman–Crippen LogP) is 0.228. The number of unbranched alkanes of at least 4 members (excludes halogenated alkanes) is 3. The zero-order valence-electron chi connectivity index (χ0n) is 44.2. The Balaban J connectivity index is 1.51. The average Bonchev–Trinajstić information content (AvgIpc) is 3.39. The van der Waals surface area contributed by atoms with Gasteiger partial charge in [-0.3, -0.25) is 53.2 Å². The van der Waals surface area contributed by atoms with Crippen molar-refractivity contribution in [2.24, 2.45) is 0 Å². The summed E-state index contributed by atoms with van der Waals surface area (Å²) in [6.07, 6.45) is 1.45. The van der Waals surface area contributed by atoms with Gasteiger partial charge in [-0.25, -0.2) is 18.8 Å². The second-order valence-corrected chi connectivity index (χ2v) is 19.6. The van der Waals surface area contributed by atoms with Crippen LogP contribution in [0.4, 0.5) is 14.9 Å². The molecule has 442 valence electrons. The highest BCUT2D eigenvalue weighted by molar-refractivity contribution is 7.80. The second-order valence-electron chi connectivity index (χ2n) is 19.1. The van der Waals surface area contributed by atoms with E-state index in [1.807, 2.05) is 12.1 Å². The standard InChI is InChI=1S/C51H73FN10O17S/c52-35-12-8-34(9-13-35)27-40(47(74)53-18-5-3-6-38(48(75)76)57-50(79)58-39(49(77)78)16-17-42(64)65)56-41(63)7-2-1-4-19-54-51(80)55-36-14-10-33(11-15-36)26-37-28-61(31-45(70)71)23-22-59(29-43(66)67)20-21-60(30-44(68)69)24-25-62(37)32-46(72)73/h8-15,37-40H,1-7,16-32H2,(H,53,74)(H,56,63)(H,64,65)(H,66,67)(H,68,69)(H,70,71)(H,72,73)(H,75,76)(H,77,78)(H2,54,55,80)(H2,57,58,79)/t37?,38-,39-,40-/m0/s1. The number of benzene rings is 2. The number of thiocarbonyl (C=S) groups is 1. The van der Waals surface area contributed by atoms with Gasteiger partial charge in [-0.2, -0.15) is 0 Å². The number of amides is 4. The summed E-state index contributed by atoms with van der Waals surface area (Å²) in [5.41, 5.74) is 1.99. The largest absolute Gasteiger partial charge is 0.481 e. The summed E-state index contributed by atoms with van der Waals surface area (Å²) in [7, 11) is 0. The number of carboxylic acid groups (broad SMARTS) is 7. The molecule has 1 aliphatic rings. The minimum Gasteiger partial charge on any atom is -0.481 e. The molecule has 4 amide bonds. The molecule has 0 aliphatic carbocycles. The van der Waals surface area contributed by atoms with E-state index in [9.17, 15) is 83.0 Å². The number of nitrogens with zero attached hydrogens (tertiary/aromatic N) is 4. The van der Waals surface area contributed by atoms with Crippen molar-refractivity contribution in [1.29, 1.82) is 0 Å². The number of urea groups is 1. The Labute approximate surface area is 466 Å². The third-order valence-corrected chi connectivity index (χ3v) is 12.9. The van der Waals surface area contributed by atoms with Gasteiger partial charge >= 0.3 is 47.8 Å². The van der Waals surface area contributed by atoms with Crippen LogP contribution in [0.1, 0.15) is 68.9 Å². The van der Waals surface area contributed by atoms with Gasteiger partial charge in [0.15, 0.2) is 5.11 Å². The zero-order valence-corrected chi connectivity index (χ0v) is 45.0. The van der Waals surface area contributed by atoms with E-state index in [1.54, 1.807) is 31.7 Å². The Kier molecular flexibility index (Phi) is 29.9. The van der Waals surface area contributed by atoms with Crippen LogP contribution in [0.2, 0.25) is 0 Å². The fraction of sp³-hybridized carbons (Fsp3) is 0.549. The molecular weight excluding hydrogens is 1080 g/mol. The Morgan fingerprint density at radius 1 is 0.537 bits per heavy atom. The average molecular weight is 1150 g/mol. The second kappa shape index (κ2) is 35.8. The van der Waals surface area contributed by atoms with Gasteiger partial charge in [-0.05, 0) is 92.6 Å². The van der Waals surface area contributed by atoms with Crippen molar-refractivity contribution >= 4 is 82.6 Å². The zero-order chi connectivity index (χ0) is 59.1. The summed E-state index contributed by atoms with van der Waals surface area (Å²) in [4.78, 5) is 127. The summed E-state index contributed by atoms with van der Waals surface area (Å²) >= 11 is 5.50. The van der Waals surface area contributed by atoms with Crippen molar-refractivity contribution in [3.63, 3.8) is 0 Å². The topological polar surface area (TPSA) is 397 Å². The van der Waals surface area contributed by atoms with Gasteiger partial charge in [-0.1, -0.05) is 30.7 Å². The smallest absolute Gasteiger partial charge is 0.326 e. The van der Waals surface area contributed by atoms with Gasteiger partial charge < -0.3 is 67.6 Å². The highest BCUT2D eigenvalue weighted by atomic mass is 32.1. The molecule has 29 heteroatoms. The number of hydrogen-bond donors (Lipinski definition) is 13. The van der Waals surface area contributed by atoms with Crippen molar-refractivity contribution in [1.82, 2.24) is 46.2 Å². The molecule has 13 N–H and O–H groups in total. The number of nitrogens with one attached hydrogen (secondary N) is 6. The van der Waals surface area contributed by atoms with Crippen molar-refractivity contribution in [3.05, 3.63) is 65.5 Å². The van der Waals surface area contributed by atoms with Gasteiger partial charge in [-0.15, -0.1) is 0 Å². The molecular formula is C51H73FN10O17S. The van der Waals surface area contributed by atoms with Gasteiger partial charge in [0.25, 0.3) is 0 Å². The summed E-state index contributed by atoms with van der Waals surface area (Å²) in [5.74, 6) is -10.1. The summed E-state index contributed by atoms with van der Waals surface area (Å²) in [5, 5.41) is 82.6. The lowest BCUT2D eigenvalue weighted by Gasteiger charge is -2.37. The lowest BCUT2D eigenvalue weighted by Crippen LogP contribution is -2.53. The maximum atomic E-state index is 13.7. The van der Waals surface area contributed by atoms with Crippen LogP contribution in [0.3, 0.4) is 0 Å². The molecule has 2 aromatic carbocycles. The van der Waals surface area contributed by atoms with E-state index in [4.69, 9.17) is 17.3 Å². The third kappa shape index (κ3) is 28.3. The lowest BCUT2D eigenvalue weighted by molar-refractivity contribution is -0.142. The van der Waals surface area contributed by atoms with Crippen LogP contribution in [-0.4, -0.2) is 229 Å². The number of aliphatic carboxylic acids is 7. The van der Waals surface area contributed by atoms with Crippen LogP contribution in [0.15, 0.2) is 48.5 Å². The van der Waals surface area contributed by atoms with Gasteiger partial charge in [0, 0.05) is 89.9 Å². The van der Waals surface area contributed by atoms with Crippen molar-refractivity contribution in [2.45, 2.75) is 94.8 Å². The van der Waals surface area contributed by atoms with Gasteiger partial charge in [0.1, 0.15) is 23.9 Å².